The van der Waals surface area contributed by atoms with E-state index in [1.165, 1.54) is 4.68 Å². The molecule has 0 aliphatic rings. The highest BCUT2D eigenvalue weighted by Crippen LogP contribution is 2.10. The zero-order chi connectivity index (χ0) is 11.7. The molecule has 0 aliphatic heterocycles. The number of primary amides is 1. The van der Waals surface area contributed by atoms with E-state index in [-0.39, 0.29) is 11.5 Å². The van der Waals surface area contributed by atoms with E-state index in [9.17, 15) is 4.79 Å². The molecule has 0 aromatic carbocycles. The van der Waals surface area contributed by atoms with Gasteiger partial charge < -0.3 is 11.5 Å². The highest BCUT2D eigenvalue weighted by molar-refractivity contribution is 5.94. The van der Waals surface area contributed by atoms with E-state index in [2.05, 4.69) is 20.5 Å². The summed E-state index contributed by atoms with van der Waals surface area (Å²) in [5.41, 5.74) is 12.6. The summed E-state index contributed by atoms with van der Waals surface area (Å²) in [5, 5.41) is 14.0. The number of nitrogens with one attached hydrogen (secondary N) is 1. The quantitative estimate of drug-likeness (QED) is 0.614. The van der Waals surface area contributed by atoms with Gasteiger partial charge in [0.25, 0.3) is 5.91 Å². The lowest BCUT2D eigenvalue weighted by atomic mass is 10.3. The molecule has 2 rings (SSSR count). The van der Waals surface area contributed by atoms with Crippen LogP contribution in [0.15, 0.2) is 6.20 Å². The van der Waals surface area contributed by atoms with Crippen LogP contribution in [0.3, 0.4) is 0 Å². The standard InChI is InChI=1S/C8H11N7O/c1-4-2-11-12-5(4)3-15-7(9)6(8(10)16)13-14-15/h2H,3,9H2,1H3,(H2,10,16)(H,11,12). The van der Waals surface area contributed by atoms with Crippen LogP contribution < -0.4 is 11.5 Å². The summed E-state index contributed by atoms with van der Waals surface area (Å²) < 4.78 is 1.39. The highest BCUT2D eigenvalue weighted by Gasteiger charge is 2.15. The average Bonchev–Trinajstić information content (AvgIpc) is 2.76. The van der Waals surface area contributed by atoms with Crippen LogP contribution in [0.5, 0.6) is 0 Å². The van der Waals surface area contributed by atoms with Crippen molar-refractivity contribution < 1.29 is 4.79 Å². The molecule has 0 bridgehead atoms. The molecule has 8 nitrogen and oxygen atoms in total. The largest absolute Gasteiger partial charge is 0.382 e. The number of anilines is 1. The van der Waals surface area contributed by atoms with Gasteiger partial charge in [0.15, 0.2) is 11.5 Å². The van der Waals surface area contributed by atoms with E-state index in [1.54, 1.807) is 6.20 Å². The molecule has 0 fully saturated rings. The van der Waals surface area contributed by atoms with Crippen LogP contribution in [0.25, 0.3) is 0 Å². The number of hydrogen-bond donors (Lipinski definition) is 3. The minimum absolute atomic E-state index is 0.0165. The molecule has 0 aliphatic carbocycles. The normalized spacial score (nSPS) is 10.6. The van der Waals surface area contributed by atoms with E-state index in [4.69, 9.17) is 11.5 Å². The van der Waals surface area contributed by atoms with Gasteiger partial charge in [-0.1, -0.05) is 5.21 Å². The molecule has 5 N–H and O–H groups in total. The summed E-state index contributed by atoms with van der Waals surface area (Å²) in [6.45, 7) is 2.28. The lowest BCUT2D eigenvalue weighted by molar-refractivity contribution is 0.0996. The molecule has 2 heterocycles. The summed E-state index contributed by atoms with van der Waals surface area (Å²) in [7, 11) is 0. The molecule has 0 unspecified atom stereocenters. The van der Waals surface area contributed by atoms with Crippen molar-refractivity contribution in [2.24, 2.45) is 5.73 Å². The van der Waals surface area contributed by atoms with Crippen molar-refractivity contribution in [1.29, 1.82) is 0 Å². The Kier molecular flexibility index (Phi) is 2.31. The number of amides is 1. The fourth-order valence-corrected chi connectivity index (χ4v) is 1.30. The average molecular weight is 221 g/mol. The molecule has 84 valence electrons. The number of nitrogens with two attached hydrogens (primary N) is 2. The summed E-state index contributed by atoms with van der Waals surface area (Å²) in [6, 6.07) is 0. The molecule has 2 aromatic heterocycles. The Hall–Kier alpha value is -2.38. The zero-order valence-corrected chi connectivity index (χ0v) is 8.64. The number of nitrogens with zero attached hydrogens (tertiary/aromatic N) is 4. The number of aromatic nitrogens is 5. The van der Waals surface area contributed by atoms with Crippen LogP contribution in [0.4, 0.5) is 5.82 Å². The fraction of sp³-hybridized carbons (Fsp3) is 0.250. The van der Waals surface area contributed by atoms with Gasteiger partial charge in [-0.05, 0) is 12.5 Å². The van der Waals surface area contributed by atoms with Crippen molar-refractivity contribution in [1.82, 2.24) is 25.2 Å². The van der Waals surface area contributed by atoms with Gasteiger partial charge in [0.2, 0.25) is 0 Å². The Balaban J connectivity index is 2.29. The van der Waals surface area contributed by atoms with Gasteiger partial charge in [-0.3, -0.25) is 9.89 Å². The number of aryl methyl sites for hydroxylation is 1. The van der Waals surface area contributed by atoms with E-state index < -0.39 is 5.91 Å². The SMILES string of the molecule is Cc1cn[nH]c1Cn1nnc(C(N)=O)c1N. The molecule has 0 saturated carbocycles. The molecular weight excluding hydrogens is 210 g/mol. The first-order chi connectivity index (χ1) is 7.59. The second-order valence-corrected chi connectivity index (χ2v) is 3.38. The summed E-state index contributed by atoms with van der Waals surface area (Å²) >= 11 is 0. The Morgan fingerprint density at radius 3 is 2.88 bits per heavy atom. The van der Waals surface area contributed by atoms with Crippen molar-refractivity contribution in [2.75, 3.05) is 5.73 Å². The first-order valence-corrected chi connectivity index (χ1v) is 4.57. The predicted octanol–water partition coefficient (Wildman–Crippen LogP) is -0.961. The minimum Gasteiger partial charge on any atom is -0.382 e. The number of H-pyrrole nitrogens is 1. The number of rotatable bonds is 3. The molecule has 8 heteroatoms. The zero-order valence-electron chi connectivity index (χ0n) is 8.64. The Morgan fingerprint density at radius 2 is 2.38 bits per heavy atom. The van der Waals surface area contributed by atoms with Crippen LogP contribution in [-0.4, -0.2) is 31.1 Å². The van der Waals surface area contributed by atoms with Crippen LogP contribution in [0, 0.1) is 6.92 Å². The van der Waals surface area contributed by atoms with Gasteiger partial charge in [-0.2, -0.15) is 5.10 Å². The third-order valence-corrected chi connectivity index (χ3v) is 2.25. The number of aromatic amines is 1. The van der Waals surface area contributed by atoms with E-state index >= 15 is 0 Å². The maximum atomic E-state index is 10.9. The molecule has 16 heavy (non-hydrogen) atoms. The van der Waals surface area contributed by atoms with Crippen LogP contribution in [0.1, 0.15) is 21.7 Å². The first kappa shape index (κ1) is 10.1. The van der Waals surface area contributed by atoms with Crippen LogP contribution >= 0.6 is 0 Å². The number of carbonyl (C=O) groups is 1. The van der Waals surface area contributed by atoms with Gasteiger partial charge in [0.1, 0.15) is 0 Å². The van der Waals surface area contributed by atoms with E-state index in [0.29, 0.717) is 6.54 Å². The molecule has 0 radical (unpaired) electrons. The molecule has 2 aromatic rings. The summed E-state index contributed by atoms with van der Waals surface area (Å²) in [5.74, 6) is -0.536. The first-order valence-electron chi connectivity index (χ1n) is 4.57. The lowest BCUT2D eigenvalue weighted by Crippen LogP contribution is -2.15. The summed E-state index contributed by atoms with van der Waals surface area (Å²) in [4.78, 5) is 10.9. The highest BCUT2D eigenvalue weighted by atomic mass is 16.1. The molecule has 1 amide bonds. The Labute approximate surface area is 90.6 Å². The molecule has 0 spiro atoms. The molecule has 0 saturated heterocycles. The van der Waals surface area contributed by atoms with Gasteiger partial charge in [-0.25, -0.2) is 4.68 Å². The van der Waals surface area contributed by atoms with Crippen molar-refractivity contribution in [2.45, 2.75) is 13.5 Å². The fourth-order valence-electron chi connectivity index (χ4n) is 1.30. The van der Waals surface area contributed by atoms with E-state index in [0.717, 1.165) is 11.3 Å². The number of carbonyl (C=O) groups excluding carboxylic acids is 1. The minimum atomic E-state index is -0.690. The van der Waals surface area contributed by atoms with Gasteiger partial charge in [0, 0.05) is 0 Å². The van der Waals surface area contributed by atoms with Gasteiger partial charge in [-0.15, -0.1) is 5.10 Å². The molecule has 0 atom stereocenters. The van der Waals surface area contributed by atoms with Crippen LogP contribution in [-0.2, 0) is 6.54 Å². The Morgan fingerprint density at radius 1 is 1.62 bits per heavy atom. The summed E-state index contributed by atoms with van der Waals surface area (Å²) in [6.07, 6.45) is 1.69. The lowest BCUT2D eigenvalue weighted by Gasteiger charge is -2.01. The smallest absolute Gasteiger partial charge is 0.273 e. The van der Waals surface area contributed by atoms with Crippen molar-refractivity contribution >= 4 is 11.7 Å². The van der Waals surface area contributed by atoms with E-state index in [1.807, 2.05) is 6.92 Å². The monoisotopic (exact) mass is 221 g/mol. The van der Waals surface area contributed by atoms with Gasteiger partial charge in [0.05, 0.1) is 18.4 Å². The van der Waals surface area contributed by atoms with Crippen molar-refractivity contribution in [3.8, 4) is 0 Å². The third-order valence-electron chi connectivity index (χ3n) is 2.25. The van der Waals surface area contributed by atoms with Gasteiger partial charge >= 0.3 is 0 Å². The van der Waals surface area contributed by atoms with Crippen LogP contribution in [0.2, 0.25) is 0 Å². The second-order valence-electron chi connectivity index (χ2n) is 3.38. The van der Waals surface area contributed by atoms with Crippen molar-refractivity contribution in [3.05, 3.63) is 23.1 Å². The number of nitrogen functional groups attached to an aromatic ring is 1. The third kappa shape index (κ3) is 1.60. The number of hydrogen-bond acceptors (Lipinski definition) is 5. The second kappa shape index (κ2) is 3.65. The molecular formula is C8H11N7O. The maximum Gasteiger partial charge on any atom is 0.273 e. The topological polar surface area (TPSA) is 128 Å². The Bertz CT molecular complexity index is 526. The maximum absolute atomic E-state index is 10.9. The van der Waals surface area contributed by atoms with Crippen molar-refractivity contribution in [3.63, 3.8) is 0 Å². The predicted molar refractivity (Wildman–Crippen MR) is 55.4 cm³/mol.